The minimum atomic E-state index is -4.53. The number of rotatable bonds is 4. The van der Waals surface area contributed by atoms with Gasteiger partial charge in [-0.25, -0.2) is 14.2 Å². The molecule has 0 N–H and O–H groups in total. The molecule has 2 aliphatic rings. The summed E-state index contributed by atoms with van der Waals surface area (Å²) in [4.78, 5) is 21.2. The van der Waals surface area contributed by atoms with Crippen LogP contribution in [0.3, 0.4) is 0 Å². The first kappa shape index (κ1) is 24.3. The van der Waals surface area contributed by atoms with Crippen LogP contribution in [-0.2, 0) is 17.5 Å². The molecule has 0 spiro atoms. The van der Waals surface area contributed by atoms with E-state index in [0.29, 0.717) is 18.5 Å². The van der Waals surface area contributed by atoms with E-state index in [4.69, 9.17) is 4.74 Å². The molecule has 1 amide bonds. The van der Waals surface area contributed by atoms with E-state index >= 15 is 0 Å². The van der Waals surface area contributed by atoms with Crippen molar-refractivity contribution in [3.8, 4) is 0 Å². The molecule has 184 valence electrons. The number of anilines is 1. The smallest absolute Gasteiger partial charge is 0.433 e. The van der Waals surface area contributed by atoms with Gasteiger partial charge in [0.2, 0.25) is 0 Å². The van der Waals surface area contributed by atoms with Gasteiger partial charge < -0.3 is 9.64 Å². The van der Waals surface area contributed by atoms with Crippen LogP contribution in [-0.4, -0.2) is 65.5 Å². The molecular weight excluding hydrogens is 452 g/mol. The minimum absolute atomic E-state index is 0.165. The van der Waals surface area contributed by atoms with E-state index in [1.54, 1.807) is 11.8 Å². The molecule has 4 rings (SSSR count). The Balaban J connectivity index is 1.28. The number of nitrogens with zero attached hydrogens (tertiary/aromatic N) is 4. The zero-order valence-electron chi connectivity index (χ0n) is 18.9. The van der Waals surface area contributed by atoms with Crippen molar-refractivity contribution in [3.05, 3.63) is 59.9 Å². The number of likely N-dealkylation sites (tertiary alicyclic amines) is 1. The van der Waals surface area contributed by atoms with Crippen LogP contribution in [0.4, 0.5) is 28.0 Å². The molecule has 0 aliphatic carbocycles. The molecule has 1 aromatic carbocycles. The number of amides is 1. The first-order chi connectivity index (χ1) is 16.2. The summed E-state index contributed by atoms with van der Waals surface area (Å²) in [7, 11) is 0. The summed E-state index contributed by atoms with van der Waals surface area (Å²) in [6.07, 6.45) is -4.68. The van der Waals surface area contributed by atoms with Crippen LogP contribution in [0.15, 0.2) is 48.7 Å². The number of carbonyl (C=O) groups is 1. The fourth-order valence-corrected chi connectivity index (χ4v) is 4.50. The minimum Gasteiger partial charge on any atom is -0.446 e. The number of carbonyl (C=O) groups excluding carboxylic acids is 1. The highest BCUT2D eigenvalue weighted by atomic mass is 19.4. The number of ether oxygens (including phenoxy) is 1. The molecule has 2 fully saturated rings. The maximum absolute atomic E-state index is 15.0. The van der Waals surface area contributed by atoms with Crippen LogP contribution in [0.1, 0.15) is 31.0 Å². The van der Waals surface area contributed by atoms with Gasteiger partial charge in [-0.2, -0.15) is 13.2 Å². The van der Waals surface area contributed by atoms with Gasteiger partial charge in [0.1, 0.15) is 11.8 Å². The van der Waals surface area contributed by atoms with Crippen LogP contribution in [0.25, 0.3) is 0 Å². The molecule has 2 atom stereocenters. The van der Waals surface area contributed by atoms with E-state index in [0.717, 1.165) is 36.8 Å². The molecule has 2 saturated heterocycles. The number of aromatic nitrogens is 1. The van der Waals surface area contributed by atoms with Crippen molar-refractivity contribution in [2.75, 3.05) is 31.1 Å². The summed E-state index contributed by atoms with van der Waals surface area (Å²) in [6.45, 7) is 4.21. The van der Waals surface area contributed by atoms with Crippen molar-refractivity contribution < 1.29 is 27.1 Å². The van der Waals surface area contributed by atoms with Gasteiger partial charge in [-0.15, -0.1) is 0 Å². The van der Waals surface area contributed by atoms with Crippen molar-refractivity contribution in [3.63, 3.8) is 0 Å². The van der Waals surface area contributed by atoms with Crippen molar-refractivity contribution in [1.29, 1.82) is 0 Å². The molecule has 34 heavy (non-hydrogen) atoms. The lowest BCUT2D eigenvalue weighted by Gasteiger charge is -2.43. The average molecular weight is 481 g/mol. The van der Waals surface area contributed by atoms with Gasteiger partial charge in [-0.3, -0.25) is 9.80 Å². The average Bonchev–Trinajstić information content (AvgIpc) is 2.80. The lowest BCUT2D eigenvalue weighted by Crippen LogP contribution is -2.59. The first-order valence-corrected chi connectivity index (χ1v) is 11.4. The molecule has 0 radical (unpaired) electrons. The van der Waals surface area contributed by atoms with Gasteiger partial charge in [-0.1, -0.05) is 30.3 Å². The Bertz CT molecular complexity index is 938. The maximum atomic E-state index is 15.0. The van der Waals surface area contributed by atoms with Crippen LogP contribution in [0.5, 0.6) is 0 Å². The Morgan fingerprint density at radius 2 is 1.79 bits per heavy atom. The number of hydrogen-bond acceptors (Lipinski definition) is 5. The summed E-state index contributed by atoms with van der Waals surface area (Å²) in [5.41, 5.74) is 0.604. The maximum Gasteiger partial charge on any atom is 0.433 e. The summed E-state index contributed by atoms with van der Waals surface area (Å²) >= 11 is 0. The third-order valence-corrected chi connectivity index (χ3v) is 6.30. The number of benzene rings is 1. The van der Waals surface area contributed by atoms with Crippen molar-refractivity contribution >= 4 is 11.8 Å². The largest absolute Gasteiger partial charge is 0.446 e. The zero-order valence-corrected chi connectivity index (χ0v) is 18.9. The lowest BCUT2D eigenvalue weighted by molar-refractivity contribution is -0.141. The topological polar surface area (TPSA) is 48.9 Å². The molecule has 10 heteroatoms. The van der Waals surface area contributed by atoms with Gasteiger partial charge >= 0.3 is 12.3 Å². The van der Waals surface area contributed by atoms with Gasteiger partial charge in [0.15, 0.2) is 6.30 Å². The Hall–Kier alpha value is -2.88. The molecule has 2 aliphatic heterocycles. The highest BCUT2D eigenvalue weighted by Gasteiger charge is 2.38. The number of piperidine rings is 1. The molecular formula is C24H28F4N4O2. The summed E-state index contributed by atoms with van der Waals surface area (Å²) in [5, 5.41) is 0. The van der Waals surface area contributed by atoms with E-state index in [1.165, 1.54) is 11.6 Å². The third-order valence-electron chi connectivity index (χ3n) is 6.30. The molecule has 6 nitrogen and oxygen atoms in total. The highest BCUT2D eigenvalue weighted by Crippen LogP contribution is 2.30. The molecule has 0 bridgehead atoms. The normalized spacial score (nSPS) is 22.6. The van der Waals surface area contributed by atoms with Crippen molar-refractivity contribution in [1.82, 2.24) is 14.8 Å². The van der Waals surface area contributed by atoms with Crippen LogP contribution >= 0.6 is 0 Å². The summed E-state index contributed by atoms with van der Waals surface area (Å²) in [5.74, 6) is 0. The van der Waals surface area contributed by atoms with E-state index < -0.39 is 30.3 Å². The number of pyridine rings is 1. The second kappa shape index (κ2) is 10.2. The van der Waals surface area contributed by atoms with Gasteiger partial charge in [0.25, 0.3) is 0 Å². The SMILES string of the molecule is C[C@@H]1CN(c2ccc(C(F)(F)F)nc2)C[C@@H](F)N1C(=O)OC1CCN(Cc2ccccc2)CC1. The standard InChI is InChI=1S/C24H28F4N4O2/c1-17-14-31(19-7-8-21(29-13-19)24(26,27)28)16-22(25)32(17)23(33)34-20-9-11-30(12-10-20)15-18-5-3-2-4-6-18/h2-8,13,17,20,22H,9-12,14-16H2,1H3/t17-,22+/m1/s1. The van der Waals surface area contributed by atoms with Crippen molar-refractivity contribution in [2.24, 2.45) is 0 Å². The van der Waals surface area contributed by atoms with Crippen LogP contribution in [0, 0.1) is 0 Å². The van der Waals surface area contributed by atoms with E-state index in [9.17, 15) is 22.4 Å². The third kappa shape index (κ3) is 5.78. The molecule has 2 aromatic rings. The fraction of sp³-hybridized carbons (Fsp3) is 0.500. The van der Waals surface area contributed by atoms with Crippen LogP contribution < -0.4 is 4.90 Å². The number of hydrogen-bond donors (Lipinski definition) is 0. The fourth-order valence-electron chi connectivity index (χ4n) is 4.50. The van der Waals surface area contributed by atoms with Crippen molar-refractivity contribution in [2.45, 2.75) is 50.9 Å². The van der Waals surface area contributed by atoms with E-state index in [2.05, 4.69) is 22.0 Å². The molecule has 0 unspecified atom stereocenters. The highest BCUT2D eigenvalue weighted by molar-refractivity contribution is 5.69. The Labute approximate surface area is 196 Å². The lowest BCUT2D eigenvalue weighted by atomic mass is 10.1. The second-order valence-electron chi connectivity index (χ2n) is 8.84. The Morgan fingerprint density at radius 3 is 2.38 bits per heavy atom. The van der Waals surface area contributed by atoms with Crippen LogP contribution in [0.2, 0.25) is 0 Å². The number of piperazine rings is 1. The quantitative estimate of drug-likeness (QED) is 0.469. The Kier molecular flexibility index (Phi) is 7.25. The van der Waals surface area contributed by atoms with E-state index in [1.807, 2.05) is 18.2 Å². The van der Waals surface area contributed by atoms with Gasteiger partial charge in [0, 0.05) is 26.2 Å². The summed E-state index contributed by atoms with van der Waals surface area (Å²) < 4.78 is 58.8. The predicted octanol–water partition coefficient (Wildman–Crippen LogP) is 4.71. The number of alkyl halides is 4. The number of halogens is 4. The van der Waals surface area contributed by atoms with Gasteiger partial charge in [0.05, 0.1) is 24.5 Å². The van der Waals surface area contributed by atoms with Gasteiger partial charge in [-0.05, 0) is 37.5 Å². The monoisotopic (exact) mass is 480 g/mol. The molecule has 3 heterocycles. The second-order valence-corrected chi connectivity index (χ2v) is 8.84. The Morgan fingerprint density at radius 1 is 1.09 bits per heavy atom. The molecule has 1 aromatic heterocycles. The predicted molar refractivity (Wildman–Crippen MR) is 119 cm³/mol. The molecule has 0 saturated carbocycles. The summed E-state index contributed by atoms with van der Waals surface area (Å²) in [6, 6.07) is 11.8. The van der Waals surface area contributed by atoms with E-state index in [-0.39, 0.29) is 19.2 Å². The first-order valence-electron chi connectivity index (χ1n) is 11.4. The zero-order chi connectivity index (χ0) is 24.3.